The van der Waals surface area contributed by atoms with E-state index in [0.29, 0.717) is 45.8 Å². The SMILES string of the molecule is CC(=O)OCCCS(=O)(=O)NC(=O)c1ccc(N2C[C@@H]3C[C@H]2C[C@H]3OCc2c(-c3c(Cl)cccc3Cl)noc2C2CC2)cc1. The zero-order chi connectivity index (χ0) is 31.0. The lowest BCUT2D eigenvalue weighted by Crippen LogP contribution is -2.38. The Morgan fingerprint density at radius 3 is 2.45 bits per heavy atom. The average molecular weight is 663 g/mol. The third kappa shape index (κ3) is 6.75. The molecule has 0 spiro atoms. The van der Waals surface area contributed by atoms with Gasteiger partial charge in [0.15, 0.2) is 0 Å². The molecule has 1 aliphatic heterocycles. The molecule has 13 heteroatoms. The van der Waals surface area contributed by atoms with Gasteiger partial charge in [-0.1, -0.05) is 34.4 Å². The highest BCUT2D eigenvalue weighted by Gasteiger charge is 2.45. The zero-order valence-corrected chi connectivity index (χ0v) is 26.5. The zero-order valence-electron chi connectivity index (χ0n) is 24.1. The van der Waals surface area contributed by atoms with Gasteiger partial charge >= 0.3 is 5.97 Å². The van der Waals surface area contributed by atoms with E-state index >= 15 is 0 Å². The second-order valence-corrected chi connectivity index (χ2v) is 14.3. The number of ether oxygens (including phenoxy) is 2. The second-order valence-electron chi connectivity index (χ2n) is 11.6. The molecule has 3 aromatic rings. The van der Waals surface area contributed by atoms with Crippen molar-refractivity contribution in [2.24, 2.45) is 5.92 Å². The van der Waals surface area contributed by atoms with Crippen molar-refractivity contribution in [1.82, 2.24) is 9.88 Å². The number of esters is 1. The van der Waals surface area contributed by atoms with Crippen LogP contribution in [0.25, 0.3) is 11.3 Å². The third-order valence-corrected chi connectivity index (χ3v) is 10.4. The predicted octanol–water partition coefficient (Wildman–Crippen LogP) is 5.72. The van der Waals surface area contributed by atoms with E-state index in [4.69, 9.17) is 37.2 Å². The summed E-state index contributed by atoms with van der Waals surface area (Å²) in [6.07, 6.45) is 4.18. The van der Waals surface area contributed by atoms with Crippen LogP contribution in [-0.4, -0.2) is 56.5 Å². The minimum Gasteiger partial charge on any atom is -0.466 e. The van der Waals surface area contributed by atoms with Gasteiger partial charge in [0.05, 0.1) is 35.1 Å². The first-order valence-electron chi connectivity index (χ1n) is 14.7. The number of benzene rings is 2. The molecule has 3 fully saturated rings. The van der Waals surface area contributed by atoms with Crippen molar-refractivity contribution in [3.05, 3.63) is 69.4 Å². The number of fused-ring (bicyclic) bond motifs is 2. The number of sulfonamides is 1. The Bertz CT molecular complexity index is 1640. The smallest absolute Gasteiger partial charge is 0.302 e. The fourth-order valence-corrected chi connectivity index (χ4v) is 7.76. The highest BCUT2D eigenvalue weighted by Crippen LogP contribution is 2.47. The maximum atomic E-state index is 12.6. The van der Waals surface area contributed by atoms with Crippen molar-refractivity contribution in [2.75, 3.05) is 23.8 Å². The number of nitrogens with one attached hydrogen (secondary N) is 1. The van der Waals surface area contributed by atoms with E-state index in [1.807, 2.05) is 12.1 Å². The number of carbonyl (C=O) groups is 2. The summed E-state index contributed by atoms with van der Waals surface area (Å²) < 4.78 is 43.6. The van der Waals surface area contributed by atoms with Crippen molar-refractivity contribution < 1.29 is 32.0 Å². The topological polar surface area (TPSA) is 128 Å². The number of anilines is 1. The molecule has 1 saturated heterocycles. The molecule has 3 atom stereocenters. The number of carbonyl (C=O) groups excluding carboxylic acids is 2. The van der Waals surface area contributed by atoms with Crippen LogP contribution >= 0.6 is 23.2 Å². The van der Waals surface area contributed by atoms with E-state index in [9.17, 15) is 18.0 Å². The van der Waals surface area contributed by atoms with Crippen LogP contribution in [0.5, 0.6) is 0 Å². The number of amides is 1. The molecule has 2 saturated carbocycles. The summed E-state index contributed by atoms with van der Waals surface area (Å²) in [4.78, 5) is 25.7. The predicted molar refractivity (Wildman–Crippen MR) is 165 cm³/mol. The van der Waals surface area contributed by atoms with Crippen LogP contribution in [0.3, 0.4) is 0 Å². The Morgan fingerprint density at radius 1 is 1.09 bits per heavy atom. The minimum atomic E-state index is -3.85. The Kier molecular flexibility index (Phi) is 8.92. The van der Waals surface area contributed by atoms with Crippen molar-refractivity contribution in [3.63, 3.8) is 0 Å². The van der Waals surface area contributed by atoms with Crippen LogP contribution in [0.1, 0.15) is 66.6 Å². The monoisotopic (exact) mass is 661 g/mol. The average Bonchev–Trinajstić information content (AvgIpc) is 3.43. The van der Waals surface area contributed by atoms with Crippen LogP contribution in [-0.2, 0) is 30.9 Å². The lowest BCUT2D eigenvalue weighted by Gasteiger charge is -2.33. The Labute approximate surface area is 266 Å². The number of nitrogens with zero attached hydrogens (tertiary/aromatic N) is 2. The Hall–Kier alpha value is -3.12. The maximum Gasteiger partial charge on any atom is 0.302 e. The minimum absolute atomic E-state index is 0.0243. The molecular weight excluding hydrogens is 629 g/mol. The molecule has 2 aromatic carbocycles. The van der Waals surface area contributed by atoms with E-state index in [1.165, 1.54) is 6.92 Å². The van der Waals surface area contributed by atoms with Gasteiger partial charge in [0.1, 0.15) is 11.5 Å². The van der Waals surface area contributed by atoms with E-state index in [0.717, 1.165) is 49.2 Å². The Balaban J connectivity index is 1.05. The first-order valence-corrected chi connectivity index (χ1v) is 17.1. The highest BCUT2D eigenvalue weighted by molar-refractivity contribution is 7.90. The van der Waals surface area contributed by atoms with Crippen LogP contribution in [0.2, 0.25) is 10.0 Å². The lowest BCUT2D eigenvalue weighted by molar-refractivity contribution is -0.140. The molecular formula is C31H33Cl2N3O7S. The lowest BCUT2D eigenvalue weighted by atomic mass is 10.0. The molecule has 3 aliphatic rings. The van der Waals surface area contributed by atoms with Gasteiger partial charge in [0.2, 0.25) is 10.0 Å². The van der Waals surface area contributed by atoms with Crippen LogP contribution < -0.4 is 9.62 Å². The molecule has 1 N–H and O–H groups in total. The molecule has 2 aliphatic carbocycles. The molecule has 1 aromatic heterocycles. The molecule has 0 unspecified atom stereocenters. The molecule has 6 rings (SSSR count). The quantitative estimate of drug-likeness (QED) is 0.191. The first-order chi connectivity index (χ1) is 21.1. The van der Waals surface area contributed by atoms with Crippen LogP contribution in [0.4, 0.5) is 5.69 Å². The molecule has 2 heterocycles. The number of aromatic nitrogens is 1. The van der Waals surface area contributed by atoms with Gasteiger partial charge in [-0.2, -0.15) is 0 Å². The number of hydrogen-bond acceptors (Lipinski definition) is 9. The van der Waals surface area contributed by atoms with Gasteiger partial charge in [-0.05, 0) is 68.5 Å². The van der Waals surface area contributed by atoms with Gasteiger partial charge in [0.25, 0.3) is 5.91 Å². The van der Waals surface area contributed by atoms with Crippen molar-refractivity contribution in [2.45, 2.75) is 63.7 Å². The molecule has 1 amide bonds. The molecule has 0 radical (unpaired) electrons. The summed E-state index contributed by atoms with van der Waals surface area (Å²) in [5, 5.41) is 5.40. The first kappa shape index (κ1) is 30.9. The fourth-order valence-electron chi connectivity index (χ4n) is 6.19. The van der Waals surface area contributed by atoms with Gasteiger partial charge in [0, 0.05) is 53.7 Å². The summed E-state index contributed by atoms with van der Waals surface area (Å²) in [6, 6.07) is 12.6. The van der Waals surface area contributed by atoms with Crippen LogP contribution in [0, 0.1) is 5.92 Å². The second kappa shape index (κ2) is 12.7. The highest BCUT2D eigenvalue weighted by atomic mass is 35.5. The number of rotatable bonds is 12. The fraction of sp³-hybridized carbons (Fsp3) is 0.452. The molecule has 2 bridgehead atoms. The summed E-state index contributed by atoms with van der Waals surface area (Å²) >= 11 is 13.0. The van der Waals surface area contributed by atoms with Crippen molar-refractivity contribution in [3.8, 4) is 11.3 Å². The molecule has 10 nitrogen and oxygen atoms in total. The third-order valence-electron chi connectivity index (χ3n) is 8.46. The van der Waals surface area contributed by atoms with Crippen molar-refractivity contribution >= 4 is 50.8 Å². The van der Waals surface area contributed by atoms with Gasteiger partial charge < -0.3 is 18.9 Å². The number of hydrogen-bond donors (Lipinski definition) is 1. The van der Waals surface area contributed by atoms with Crippen LogP contribution in [0.15, 0.2) is 47.0 Å². The summed E-state index contributed by atoms with van der Waals surface area (Å²) in [5.74, 6) is 0.0554. The largest absolute Gasteiger partial charge is 0.466 e. The summed E-state index contributed by atoms with van der Waals surface area (Å²) in [7, 11) is -3.85. The van der Waals surface area contributed by atoms with Gasteiger partial charge in [-0.15, -0.1) is 0 Å². The molecule has 44 heavy (non-hydrogen) atoms. The normalized spacial score (nSPS) is 21.1. The maximum absolute atomic E-state index is 12.6. The van der Waals surface area contributed by atoms with E-state index in [1.54, 1.807) is 30.3 Å². The molecule has 234 valence electrons. The van der Waals surface area contributed by atoms with E-state index in [2.05, 4.69) is 14.8 Å². The van der Waals surface area contributed by atoms with E-state index in [-0.39, 0.29) is 30.4 Å². The van der Waals surface area contributed by atoms with Gasteiger partial charge in [-0.3, -0.25) is 9.59 Å². The summed E-state index contributed by atoms with van der Waals surface area (Å²) in [5.41, 5.74) is 3.45. The van der Waals surface area contributed by atoms with Crippen molar-refractivity contribution in [1.29, 1.82) is 0 Å². The van der Waals surface area contributed by atoms with E-state index < -0.39 is 21.9 Å². The summed E-state index contributed by atoms with van der Waals surface area (Å²) in [6.45, 7) is 2.42. The number of piperidine rings is 1. The standard InChI is InChI=1S/C31H33Cl2N3O7S/c1-18(37)41-12-3-13-44(39,40)35-31(38)20-8-10-22(11-9-20)36-16-21-14-23(36)15-27(21)42-17-24-29(34-43-30(24)19-6-7-19)28-25(32)4-2-5-26(28)33/h2,4-5,8-11,19,21,23,27H,3,6-7,12-17H2,1H3,(H,35,38)/t21-,23-,27+/m0/s1. The number of halogens is 2. The Morgan fingerprint density at radius 2 is 1.82 bits per heavy atom. The van der Waals surface area contributed by atoms with Gasteiger partial charge in [-0.25, -0.2) is 13.1 Å².